The first-order valence-electron chi connectivity index (χ1n) is 7.53. The van der Waals surface area contributed by atoms with E-state index in [0.717, 1.165) is 5.56 Å². The van der Waals surface area contributed by atoms with Crippen molar-refractivity contribution in [2.45, 2.75) is 23.8 Å². The average Bonchev–Trinajstić information content (AvgIpc) is 2.59. The fourth-order valence-electron chi connectivity index (χ4n) is 1.92. The van der Waals surface area contributed by atoms with Gasteiger partial charge in [-0.3, -0.25) is 4.79 Å². The standard InChI is InChI=1S/C16H22N2O6S/c1-3-10-24-11-14(16(20)21)18-15(19)9-6-12-4-7-13(8-5-12)25(22,23)17-2/h3-5,7-8,14,17H,1,6,9-11H2,2H3,(H,18,19)(H,20,21). The number of aliphatic carboxylic acids is 1. The number of carboxylic acid groups (broad SMARTS) is 1. The third-order valence-electron chi connectivity index (χ3n) is 3.30. The van der Waals surface area contributed by atoms with Crippen molar-refractivity contribution < 1.29 is 27.9 Å². The van der Waals surface area contributed by atoms with Gasteiger partial charge in [-0.1, -0.05) is 18.2 Å². The number of ether oxygens (including phenoxy) is 1. The zero-order valence-electron chi connectivity index (χ0n) is 13.9. The molecule has 1 unspecified atom stereocenters. The topological polar surface area (TPSA) is 122 Å². The molecule has 0 radical (unpaired) electrons. The van der Waals surface area contributed by atoms with Crippen LogP contribution in [0.25, 0.3) is 0 Å². The summed E-state index contributed by atoms with van der Waals surface area (Å²) in [5.74, 6) is -1.61. The van der Waals surface area contributed by atoms with Gasteiger partial charge in [-0.2, -0.15) is 0 Å². The molecule has 0 aromatic heterocycles. The number of carbonyl (C=O) groups is 2. The van der Waals surface area contributed by atoms with Crippen LogP contribution >= 0.6 is 0 Å². The molecular formula is C16H22N2O6S. The second-order valence-electron chi connectivity index (χ2n) is 5.14. The quantitative estimate of drug-likeness (QED) is 0.380. The summed E-state index contributed by atoms with van der Waals surface area (Å²) in [7, 11) is -2.17. The van der Waals surface area contributed by atoms with Crippen molar-refractivity contribution in [3.05, 3.63) is 42.5 Å². The number of sulfonamides is 1. The molecule has 1 atom stereocenters. The lowest BCUT2D eigenvalue weighted by atomic mass is 10.1. The summed E-state index contributed by atoms with van der Waals surface area (Å²) in [5, 5.41) is 11.4. The highest BCUT2D eigenvalue weighted by Crippen LogP contribution is 2.11. The van der Waals surface area contributed by atoms with Gasteiger partial charge in [0.25, 0.3) is 0 Å². The van der Waals surface area contributed by atoms with Crippen LogP contribution < -0.4 is 10.0 Å². The van der Waals surface area contributed by atoms with Crippen LogP contribution in [0.2, 0.25) is 0 Å². The Labute approximate surface area is 146 Å². The van der Waals surface area contributed by atoms with Crippen LogP contribution in [-0.2, 0) is 30.8 Å². The van der Waals surface area contributed by atoms with E-state index in [9.17, 15) is 18.0 Å². The SMILES string of the molecule is C=CCOCC(NC(=O)CCc1ccc(S(=O)(=O)NC)cc1)C(=O)O. The maximum absolute atomic E-state index is 11.9. The van der Waals surface area contributed by atoms with E-state index in [4.69, 9.17) is 9.84 Å². The lowest BCUT2D eigenvalue weighted by molar-refractivity contribution is -0.143. The van der Waals surface area contributed by atoms with Crippen LogP contribution in [0.1, 0.15) is 12.0 Å². The number of hydrogen-bond acceptors (Lipinski definition) is 5. The Hall–Kier alpha value is -2.23. The molecule has 1 aromatic carbocycles. The summed E-state index contributed by atoms with van der Waals surface area (Å²) in [6.45, 7) is 3.50. The summed E-state index contributed by atoms with van der Waals surface area (Å²) in [5.41, 5.74) is 0.764. The Bertz CT molecular complexity index is 700. The summed E-state index contributed by atoms with van der Waals surface area (Å²) >= 11 is 0. The third kappa shape index (κ3) is 7.04. The molecule has 0 aliphatic carbocycles. The Balaban J connectivity index is 2.55. The van der Waals surface area contributed by atoms with Crippen molar-refractivity contribution >= 4 is 21.9 Å². The fourth-order valence-corrected chi connectivity index (χ4v) is 2.65. The summed E-state index contributed by atoms with van der Waals surface area (Å²) in [6, 6.07) is 4.99. The van der Waals surface area contributed by atoms with E-state index in [1.165, 1.54) is 25.3 Å². The molecule has 0 fully saturated rings. The highest BCUT2D eigenvalue weighted by atomic mass is 32.2. The number of amides is 1. The number of rotatable bonds is 11. The van der Waals surface area contributed by atoms with Crippen LogP contribution in [-0.4, -0.2) is 51.7 Å². The van der Waals surface area contributed by atoms with Crippen molar-refractivity contribution in [3.8, 4) is 0 Å². The Morgan fingerprint density at radius 1 is 1.32 bits per heavy atom. The molecule has 3 N–H and O–H groups in total. The second-order valence-corrected chi connectivity index (χ2v) is 7.02. The molecule has 0 saturated heterocycles. The van der Waals surface area contributed by atoms with Crippen LogP contribution in [0.5, 0.6) is 0 Å². The minimum atomic E-state index is -3.50. The summed E-state index contributed by atoms with van der Waals surface area (Å²) < 4.78 is 30.5. The number of hydrogen-bond donors (Lipinski definition) is 3. The Morgan fingerprint density at radius 2 is 1.96 bits per heavy atom. The molecule has 1 aromatic rings. The number of nitrogens with one attached hydrogen (secondary N) is 2. The molecule has 138 valence electrons. The molecule has 0 bridgehead atoms. The molecule has 0 aliphatic heterocycles. The number of carbonyl (C=O) groups excluding carboxylic acids is 1. The first kappa shape index (κ1) is 20.8. The smallest absolute Gasteiger partial charge is 0.328 e. The van der Waals surface area contributed by atoms with E-state index >= 15 is 0 Å². The van der Waals surface area contributed by atoms with Gasteiger partial charge in [0.1, 0.15) is 0 Å². The van der Waals surface area contributed by atoms with E-state index in [0.29, 0.717) is 6.42 Å². The molecule has 0 aliphatic rings. The average molecular weight is 370 g/mol. The largest absolute Gasteiger partial charge is 0.480 e. The van der Waals surface area contributed by atoms with Crippen molar-refractivity contribution in [1.29, 1.82) is 0 Å². The van der Waals surface area contributed by atoms with Gasteiger partial charge in [0, 0.05) is 6.42 Å². The lowest BCUT2D eigenvalue weighted by Crippen LogP contribution is -2.44. The van der Waals surface area contributed by atoms with E-state index in [1.54, 1.807) is 12.1 Å². The molecule has 1 rings (SSSR count). The van der Waals surface area contributed by atoms with E-state index in [-0.39, 0.29) is 24.5 Å². The predicted molar refractivity (Wildman–Crippen MR) is 91.6 cm³/mol. The van der Waals surface area contributed by atoms with Crippen molar-refractivity contribution in [2.24, 2.45) is 0 Å². The number of carboxylic acids is 1. The second kappa shape index (κ2) is 9.92. The van der Waals surface area contributed by atoms with Crippen molar-refractivity contribution in [3.63, 3.8) is 0 Å². The first-order chi connectivity index (χ1) is 11.8. The number of aryl methyl sites for hydroxylation is 1. The highest BCUT2D eigenvalue weighted by molar-refractivity contribution is 7.89. The normalized spacial score (nSPS) is 12.4. The van der Waals surface area contributed by atoms with Crippen LogP contribution in [0.3, 0.4) is 0 Å². The number of benzene rings is 1. The molecule has 0 saturated carbocycles. The van der Waals surface area contributed by atoms with Gasteiger partial charge in [0.2, 0.25) is 15.9 Å². The lowest BCUT2D eigenvalue weighted by Gasteiger charge is -2.14. The van der Waals surface area contributed by atoms with Gasteiger partial charge in [-0.05, 0) is 31.2 Å². The van der Waals surface area contributed by atoms with Crippen LogP contribution in [0.4, 0.5) is 0 Å². The predicted octanol–water partition coefficient (Wildman–Crippen LogP) is 0.299. The van der Waals surface area contributed by atoms with Gasteiger partial charge in [0.15, 0.2) is 6.04 Å². The molecule has 0 spiro atoms. The van der Waals surface area contributed by atoms with E-state index in [2.05, 4.69) is 16.6 Å². The maximum Gasteiger partial charge on any atom is 0.328 e. The molecule has 9 heteroatoms. The maximum atomic E-state index is 11.9. The highest BCUT2D eigenvalue weighted by Gasteiger charge is 2.19. The van der Waals surface area contributed by atoms with E-state index < -0.39 is 27.9 Å². The van der Waals surface area contributed by atoms with Crippen LogP contribution in [0.15, 0.2) is 41.8 Å². The molecule has 8 nitrogen and oxygen atoms in total. The van der Waals surface area contributed by atoms with Gasteiger partial charge in [0.05, 0.1) is 18.1 Å². The van der Waals surface area contributed by atoms with Crippen molar-refractivity contribution in [2.75, 3.05) is 20.3 Å². The van der Waals surface area contributed by atoms with Gasteiger partial charge in [-0.15, -0.1) is 6.58 Å². The van der Waals surface area contributed by atoms with E-state index in [1.807, 2.05) is 0 Å². The summed E-state index contributed by atoms with van der Waals surface area (Å²) in [4.78, 5) is 23.1. The zero-order chi connectivity index (χ0) is 18.9. The zero-order valence-corrected chi connectivity index (χ0v) is 14.7. The third-order valence-corrected chi connectivity index (χ3v) is 4.73. The van der Waals surface area contributed by atoms with Gasteiger partial charge in [-0.25, -0.2) is 17.9 Å². The minimum absolute atomic E-state index is 0.0728. The Kier molecular flexibility index (Phi) is 8.26. The first-order valence-corrected chi connectivity index (χ1v) is 9.01. The Morgan fingerprint density at radius 3 is 2.48 bits per heavy atom. The summed E-state index contributed by atoms with van der Waals surface area (Å²) in [6.07, 6.45) is 1.91. The minimum Gasteiger partial charge on any atom is -0.480 e. The molecule has 1 amide bonds. The van der Waals surface area contributed by atoms with Gasteiger partial charge < -0.3 is 15.2 Å². The molecular weight excluding hydrogens is 348 g/mol. The fraction of sp³-hybridized carbons (Fsp3) is 0.375. The molecule has 0 heterocycles. The van der Waals surface area contributed by atoms with Crippen LogP contribution in [0, 0.1) is 0 Å². The monoisotopic (exact) mass is 370 g/mol. The van der Waals surface area contributed by atoms with Gasteiger partial charge >= 0.3 is 5.97 Å². The van der Waals surface area contributed by atoms with Crippen molar-refractivity contribution in [1.82, 2.24) is 10.0 Å². The molecule has 25 heavy (non-hydrogen) atoms.